The van der Waals surface area contributed by atoms with Crippen molar-refractivity contribution in [3.05, 3.63) is 45.4 Å². The monoisotopic (exact) mass is 541 g/mol. The number of hydrogen-bond acceptors (Lipinski definition) is 4. The molecular formula is C22H32IN5OS. The van der Waals surface area contributed by atoms with Gasteiger partial charge in [0.1, 0.15) is 5.01 Å². The molecule has 1 heterocycles. The molecule has 0 aliphatic heterocycles. The number of amides is 1. The summed E-state index contributed by atoms with van der Waals surface area (Å²) in [5, 5.41) is 10.8. The topological polar surface area (TPSA) is 78.4 Å². The number of carbonyl (C=O) groups excluding carboxylic acids is 1. The van der Waals surface area contributed by atoms with Gasteiger partial charge in [-0.1, -0.05) is 31.4 Å². The Morgan fingerprint density at radius 1 is 1.17 bits per heavy atom. The van der Waals surface area contributed by atoms with Crippen molar-refractivity contribution in [3.63, 3.8) is 0 Å². The minimum absolute atomic E-state index is 0. The Morgan fingerprint density at radius 2 is 1.90 bits per heavy atom. The van der Waals surface area contributed by atoms with E-state index in [-0.39, 0.29) is 35.8 Å². The van der Waals surface area contributed by atoms with E-state index in [0.29, 0.717) is 13.1 Å². The molecule has 8 heteroatoms. The van der Waals surface area contributed by atoms with E-state index in [1.54, 1.807) is 18.4 Å². The number of anilines is 1. The highest BCUT2D eigenvalue weighted by Gasteiger charge is 2.21. The Bertz CT molecular complexity index is 841. The van der Waals surface area contributed by atoms with Crippen molar-refractivity contribution in [1.82, 2.24) is 15.6 Å². The fraction of sp³-hybridized carbons (Fsp3) is 0.500. The number of rotatable bonds is 6. The van der Waals surface area contributed by atoms with Gasteiger partial charge in [-0.25, -0.2) is 4.98 Å². The molecule has 2 aromatic rings. The molecule has 0 atom stereocenters. The van der Waals surface area contributed by atoms with Gasteiger partial charge < -0.3 is 16.0 Å². The number of thiazole rings is 1. The Labute approximate surface area is 200 Å². The second-order valence-electron chi connectivity index (χ2n) is 7.55. The number of nitrogens with one attached hydrogen (secondary N) is 3. The Morgan fingerprint density at radius 3 is 2.57 bits per heavy atom. The summed E-state index contributed by atoms with van der Waals surface area (Å²) < 4.78 is 0. The minimum Gasteiger partial charge on any atom is -0.352 e. The molecule has 1 aromatic carbocycles. The molecule has 0 radical (unpaired) electrons. The number of hydrogen-bond donors (Lipinski definition) is 3. The quantitative estimate of drug-likeness (QED) is 0.280. The van der Waals surface area contributed by atoms with Crippen molar-refractivity contribution < 1.29 is 4.79 Å². The van der Waals surface area contributed by atoms with Crippen LogP contribution in [0.1, 0.15) is 53.2 Å². The second kappa shape index (κ2) is 12.2. The first-order valence-corrected chi connectivity index (χ1v) is 11.1. The molecule has 3 N–H and O–H groups in total. The average molecular weight is 542 g/mol. The molecule has 0 unspecified atom stereocenters. The maximum atomic E-state index is 12.5. The number of guanidine groups is 1. The maximum absolute atomic E-state index is 12.5. The number of nitrogens with zero attached hydrogens (tertiary/aromatic N) is 2. The van der Waals surface area contributed by atoms with Crippen LogP contribution in [-0.2, 0) is 17.9 Å². The van der Waals surface area contributed by atoms with Gasteiger partial charge in [0.2, 0.25) is 5.91 Å². The zero-order valence-electron chi connectivity index (χ0n) is 18.0. The zero-order chi connectivity index (χ0) is 20.6. The second-order valence-corrected chi connectivity index (χ2v) is 8.84. The lowest BCUT2D eigenvalue weighted by atomic mass is 9.88. The van der Waals surface area contributed by atoms with Crippen LogP contribution in [0.25, 0.3) is 0 Å². The molecule has 1 aliphatic rings. The van der Waals surface area contributed by atoms with E-state index >= 15 is 0 Å². The van der Waals surface area contributed by atoms with Gasteiger partial charge in [0.15, 0.2) is 5.96 Å². The summed E-state index contributed by atoms with van der Waals surface area (Å²) in [6.07, 6.45) is 5.59. The Hall–Kier alpha value is -1.68. The molecule has 0 bridgehead atoms. The van der Waals surface area contributed by atoms with Gasteiger partial charge in [0, 0.05) is 30.1 Å². The van der Waals surface area contributed by atoms with Crippen LogP contribution in [0.5, 0.6) is 0 Å². The molecule has 30 heavy (non-hydrogen) atoms. The first kappa shape index (κ1) is 24.6. The molecule has 1 aromatic heterocycles. The zero-order valence-corrected chi connectivity index (χ0v) is 21.1. The average Bonchev–Trinajstić information content (AvgIpc) is 3.06. The van der Waals surface area contributed by atoms with E-state index in [9.17, 15) is 4.79 Å². The van der Waals surface area contributed by atoms with Crippen molar-refractivity contribution in [2.75, 3.05) is 12.4 Å². The van der Waals surface area contributed by atoms with Gasteiger partial charge in [-0.2, -0.15) is 0 Å². The summed E-state index contributed by atoms with van der Waals surface area (Å²) in [6, 6.07) is 7.99. The van der Waals surface area contributed by atoms with Gasteiger partial charge in [0.25, 0.3) is 0 Å². The molecule has 0 spiro atoms. The molecule has 1 aliphatic carbocycles. The number of carbonyl (C=O) groups is 1. The molecule has 0 saturated heterocycles. The lowest BCUT2D eigenvalue weighted by Crippen LogP contribution is -2.36. The molecule has 1 amide bonds. The van der Waals surface area contributed by atoms with Crippen molar-refractivity contribution in [3.8, 4) is 0 Å². The Balaban J connectivity index is 0.00000320. The van der Waals surface area contributed by atoms with E-state index in [0.717, 1.165) is 53.6 Å². The summed E-state index contributed by atoms with van der Waals surface area (Å²) in [5.41, 5.74) is 3.04. The lowest BCUT2D eigenvalue weighted by molar-refractivity contribution is -0.120. The number of halogens is 1. The van der Waals surface area contributed by atoms with Crippen molar-refractivity contribution in [1.29, 1.82) is 0 Å². The smallest absolute Gasteiger partial charge is 0.227 e. The third-order valence-corrected chi connectivity index (χ3v) is 6.41. The number of aromatic nitrogens is 1. The molecular weight excluding hydrogens is 509 g/mol. The van der Waals surface area contributed by atoms with Gasteiger partial charge >= 0.3 is 0 Å². The summed E-state index contributed by atoms with van der Waals surface area (Å²) in [4.78, 5) is 22.5. The predicted molar refractivity (Wildman–Crippen MR) is 136 cm³/mol. The van der Waals surface area contributed by atoms with E-state index in [1.807, 2.05) is 31.2 Å². The van der Waals surface area contributed by atoms with Crippen LogP contribution >= 0.6 is 35.3 Å². The fourth-order valence-corrected chi connectivity index (χ4v) is 4.42. The van der Waals surface area contributed by atoms with Gasteiger partial charge in [-0.3, -0.25) is 9.79 Å². The highest BCUT2D eigenvalue weighted by molar-refractivity contribution is 14.0. The van der Waals surface area contributed by atoms with Crippen LogP contribution < -0.4 is 16.0 Å². The van der Waals surface area contributed by atoms with Crippen LogP contribution in [0.4, 0.5) is 5.69 Å². The first-order chi connectivity index (χ1) is 14.0. The third kappa shape index (κ3) is 7.23. The van der Waals surface area contributed by atoms with E-state index in [1.165, 1.54) is 11.3 Å². The van der Waals surface area contributed by atoms with E-state index in [2.05, 4.69) is 32.9 Å². The molecule has 1 fully saturated rings. The van der Waals surface area contributed by atoms with Gasteiger partial charge in [-0.15, -0.1) is 35.3 Å². The molecule has 164 valence electrons. The van der Waals surface area contributed by atoms with Gasteiger partial charge in [0.05, 0.1) is 12.2 Å². The summed E-state index contributed by atoms with van der Waals surface area (Å²) in [7, 11) is 1.76. The number of benzene rings is 1. The van der Waals surface area contributed by atoms with Crippen LogP contribution in [0.2, 0.25) is 0 Å². The minimum atomic E-state index is 0. The van der Waals surface area contributed by atoms with E-state index < -0.39 is 0 Å². The largest absolute Gasteiger partial charge is 0.352 e. The molecule has 1 saturated carbocycles. The third-order valence-electron chi connectivity index (χ3n) is 5.33. The fourth-order valence-electron chi connectivity index (χ4n) is 3.55. The van der Waals surface area contributed by atoms with Crippen molar-refractivity contribution in [2.45, 2.75) is 59.0 Å². The summed E-state index contributed by atoms with van der Waals surface area (Å²) in [5.74, 6) is 1.04. The van der Waals surface area contributed by atoms with Crippen LogP contribution in [0.3, 0.4) is 0 Å². The number of aliphatic imine (C=N–C) groups is 1. The predicted octanol–water partition coefficient (Wildman–Crippen LogP) is 4.76. The lowest BCUT2D eigenvalue weighted by Gasteiger charge is -2.21. The van der Waals surface area contributed by atoms with Gasteiger partial charge in [-0.05, 0) is 44.4 Å². The maximum Gasteiger partial charge on any atom is 0.227 e. The van der Waals surface area contributed by atoms with Crippen molar-refractivity contribution >= 4 is 52.9 Å². The highest BCUT2D eigenvalue weighted by Crippen LogP contribution is 2.25. The van der Waals surface area contributed by atoms with Crippen LogP contribution in [-0.4, -0.2) is 23.9 Å². The van der Waals surface area contributed by atoms with E-state index in [4.69, 9.17) is 0 Å². The number of aryl methyl sites for hydroxylation is 2. The highest BCUT2D eigenvalue weighted by atomic mass is 127. The van der Waals surface area contributed by atoms with Crippen LogP contribution in [0, 0.1) is 19.8 Å². The standard InChI is InChI=1S/C22H31N5OS.HI/c1-15-16(2)29-20(26-15)14-25-22(23-3)24-13-17-8-7-11-19(12-17)27-21(28)18-9-5-4-6-10-18;/h7-8,11-12,18H,4-6,9-10,13-14H2,1-3H3,(H,27,28)(H2,23,24,25);1H. The molecule has 6 nitrogen and oxygen atoms in total. The van der Waals surface area contributed by atoms with Crippen molar-refractivity contribution in [2.24, 2.45) is 10.9 Å². The summed E-state index contributed by atoms with van der Waals surface area (Å²) >= 11 is 1.70. The first-order valence-electron chi connectivity index (χ1n) is 10.3. The Kier molecular flexibility index (Phi) is 10.0. The molecule has 3 rings (SSSR count). The normalized spacial score (nSPS) is 14.7. The SMILES string of the molecule is CN=C(NCc1cccc(NC(=O)C2CCCCC2)c1)NCc1nc(C)c(C)s1.I. The summed E-state index contributed by atoms with van der Waals surface area (Å²) in [6.45, 7) is 5.39. The van der Waals surface area contributed by atoms with Crippen LogP contribution in [0.15, 0.2) is 29.3 Å².